The SMILES string of the molecule is COCC(C)N1CCC(N(C=O)c2ccc(F)cc2N(C)Cc2ccc(-c3nnc(C(F)F)o3)cn2)CC1. The molecule has 1 amide bonds. The lowest BCUT2D eigenvalue weighted by atomic mass is 10.0. The molecule has 0 saturated carbocycles. The van der Waals surface area contributed by atoms with Gasteiger partial charge in [0.2, 0.25) is 12.3 Å². The molecule has 0 aliphatic carbocycles. The highest BCUT2D eigenvalue weighted by Crippen LogP contribution is 2.33. The summed E-state index contributed by atoms with van der Waals surface area (Å²) in [5, 5.41) is 6.95. The van der Waals surface area contributed by atoms with E-state index < -0.39 is 18.1 Å². The minimum Gasteiger partial charge on any atom is -0.415 e. The molecule has 1 fully saturated rings. The number of aromatic nitrogens is 3. The zero-order valence-electron chi connectivity index (χ0n) is 21.6. The Hall–Kier alpha value is -3.51. The van der Waals surface area contributed by atoms with Crippen LogP contribution in [-0.2, 0) is 16.1 Å². The van der Waals surface area contributed by atoms with Crippen molar-refractivity contribution in [2.45, 2.75) is 44.8 Å². The summed E-state index contributed by atoms with van der Waals surface area (Å²) in [5.41, 5.74) is 2.21. The van der Waals surface area contributed by atoms with Gasteiger partial charge in [-0.2, -0.15) is 8.78 Å². The monoisotopic (exact) mass is 532 g/mol. The minimum absolute atomic E-state index is 0.0129. The maximum atomic E-state index is 14.3. The zero-order valence-corrected chi connectivity index (χ0v) is 21.6. The maximum Gasteiger partial charge on any atom is 0.314 e. The molecule has 3 heterocycles. The number of carbonyl (C=O) groups is 1. The predicted molar refractivity (Wildman–Crippen MR) is 135 cm³/mol. The van der Waals surface area contributed by atoms with Gasteiger partial charge < -0.3 is 19.0 Å². The number of alkyl halides is 2. The number of halogens is 3. The van der Waals surface area contributed by atoms with E-state index in [0.717, 1.165) is 32.3 Å². The standard InChI is InChI=1S/C26H31F3N6O3/c1-17(15-37-3)34-10-8-21(9-11-34)35(16-36)22-7-5-19(27)12-23(22)33(2)14-20-6-4-18(13-30-20)25-31-32-26(38-25)24(28)29/h4-7,12-13,16-17,21,24H,8-11,14-15H2,1-3H3. The molecule has 0 N–H and O–H groups in total. The molecular weight excluding hydrogens is 501 g/mol. The molecule has 12 heteroatoms. The van der Waals surface area contributed by atoms with Gasteiger partial charge in [-0.05, 0) is 50.1 Å². The van der Waals surface area contributed by atoms with Crippen molar-refractivity contribution in [2.75, 3.05) is 43.7 Å². The van der Waals surface area contributed by atoms with E-state index in [1.54, 1.807) is 37.3 Å². The Labute approximate surface area is 219 Å². The second-order valence-corrected chi connectivity index (χ2v) is 9.36. The Morgan fingerprint density at radius 1 is 1.18 bits per heavy atom. The van der Waals surface area contributed by atoms with Crippen LogP contribution in [0.2, 0.25) is 0 Å². The summed E-state index contributed by atoms with van der Waals surface area (Å²) < 4.78 is 50.0. The lowest BCUT2D eigenvalue weighted by Gasteiger charge is -2.40. The molecule has 1 aliphatic heterocycles. The van der Waals surface area contributed by atoms with E-state index in [-0.39, 0.29) is 11.9 Å². The van der Waals surface area contributed by atoms with Gasteiger partial charge in [0, 0.05) is 45.5 Å². The normalized spacial score (nSPS) is 15.6. The highest BCUT2D eigenvalue weighted by molar-refractivity contribution is 5.84. The van der Waals surface area contributed by atoms with Gasteiger partial charge in [-0.3, -0.25) is 14.7 Å². The summed E-state index contributed by atoms with van der Waals surface area (Å²) >= 11 is 0. The number of benzene rings is 1. The first-order chi connectivity index (χ1) is 18.3. The summed E-state index contributed by atoms with van der Waals surface area (Å²) in [6.45, 7) is 4.75. The first kappa shape index (κ1) is 27.5. The quantitative estimate of drug-likeness (QED) is 0.338. The number of amides is 1. The zero-order chi connectivity index (χ0) is 27.2. The van der Waals surface area contributed by atoms with Crippen LogP contribution in [0.1, 0.15) is 37.8 Å². The third-order valence-corrected chi connectivity index (χ3v) is 6.76. The fourth-order valence-electron chi connectivity index (χ4n) is 4.72. The summed E-state index contributed by atoms with van der Waals surface area (Å²) in [5.74, 6) is -1.22. The van der Waals surface area contributed by atoms with Gasteiger partial charge in [-0.25, -0.2) is 4.39 Å². The van der Waals surface area contributed by atoms with E-state index in [1.807, 2.05) is 4.90 Å². The Kier molecular flexibility index (Phi) is 8.95. The van der Waals surface area contributed by atoms with Crippen LogP contribution in [0.25, 0.3) is 11.5 Å². The third kappa shape index (κ3) is 6.30. The minimum atomic E-state index is -2.85. The second-order valence-electron chi connectivity index (χ2n) is 9.36. The Bertz CT molecular complexity index is 1200. The van der Waals surface area contributed by atoms with E-state index in [1.165, 1.54) is 18.3 Å². The van der Waals surface area contributed by atoms with Gasteiger partial charge in [0.25, 0.3) is 5.89 Å². The maximum absolute atomic E-state index is 14.3. The summed E-state index contributed by atoms with van der Waals surface area (Å²) in [7, 11) is 3.48. The molecule has 1 unspecified atom stereocenters. The number of pyridine rings is 1. The Morgan fingerprint density at radius 3 is 2.55 bits per heavy atom. The highest BCUT2D eigenvalue weighted by atomic mass is 19.3. The molecule has 0 bridgehead atoms. The number of likely N-dealkylation sites (tertiary alicyclic amines) is 1. The highest BCUT2D eigenvalue weighted by Gasteiger charge is 2.29. The number of methoxy groups -OCH3 is 1. The number of rotatable bonds is 11. The molecule has 9 nitrogen and oxygen atoms in total. The number of ether oxygens (including phenoxy) is 1. The van der Waals surface area contributed by atoms with Crippen molar-refractivity contribution in [3.05, 3.63) is 53.9 Å². The van der Waals surface area contributed by atoms with Crippen LogP contribution in [0.4, 0.5) is 24.5 Å². The number of hydrogen-bond donors (Lipinski definition) is 0. The fourth-order valence-corrected chi connectivity index (χ4v) is 4.72. The van der Waals surface area contributed by atoms with E-state index in [0.29, 0.717) is 41.8 Å². The largest absolute Gasteiger partial charge is 0.415 e. The molecule has 1 atom stereocenters. The molecular formula is C26H31F3N6O3. The number of nitrogens with zero attached hydrogens (tertiary/aromatic N) is 6. The fraction of sp³-hybridized carbons (Fsp3) is 0.462. The van der Waals surface area contributed by atoms with Crippen LogP contribution in [0.15, 0.2) is 40.9 Å². The van der Waals surface area contributed by atoms with Crippen LogP contribution in [-0.4, -0.2) is 72.4 Å². The molecule has 38 heavy (non-hydrogen) atoms. The van der Waals surface area contributed by atoms with Crippen LogP contribution in [0.3, 0.4) is 0 Å². The van der Waals surface area contributed by atoms with Gasteiger partial charge in [0.1, 0.15) is 5.82 Å². The van der Waals surface area contributed by atoms with E-state index in [2.05, 4.69) is 27.0 Å². The second kappa shape index (κ2) is 12.4. The molecule has 3 aromatic rings. The lowest BCUT2D eigenvalue weighted by Crippen LogP contribution is -2.48. The molecule has 1 saturated heterocycles. The van der Waals surface area contributed by atoms with Crippen LogP contribution < -0.4 is 9.80 Å². The van der Waals surface area contributed by atoms with Gasteiger partial charge >= 0.3 is 6.43 Å². The van der Waals surface area contributed by atoms with Crippen molar-refractivity contribution in [3.63, 3.8) is 0 Å². The predicted octanol–water partition coefficient (Wildman–Crippen LogP) is 4.31. The topological polar surface area (TPSA) is 87.8 Å². The van der Waals surface area contributed by atoms with Crippen molar-refractivity contribution in [3.8, 4) is 11.5 Å². The smallest absolute Gasteiger partial charge is 0.314 e. The summed E-state index contributed by atoms with van der Waals surface area (Å²) in [6, 6.07) is 8.00. The summed E-state index contributed by atoms with van der Waals surface area (Å²) in [4.78, 5) is 22.5. The molecule has 204 valence electrons. The van der Waals surface area contributed by atoms with Gasteiger partial charge in [-0.15, -0.1) is 10.2 Å². The van der Waals surface area contributed by atoms with Gasteiger partial charge in [-0.1, -0.05) is 0 Å². The molecule has 1 aliphatic rings. The molecule has 1 aromatic carbocycles. The number of piperidine rings is 1. The van der Waals surface area contributed by atoms with Crippen molar-refractivity contribution < 1.29 is 27.1 Å². The van der Waals surface area contributed by atoms with E-state index >= 15 is 0 Å². The Morgan fingerprint density at radius 2 is 1.95 bits per heavy atom. The van der Waals surface area contributed by atoms with Crippen LogP contribution in [0.5, 0.6) is 0 Å². The van der Waals surface area contributed by atoms with Crippen molar-refractivity contribution >= 4 is 17.8 Å². The molecule has 0 radical (unpaired) electrons. The average Bonchev–Trinajstić information content (AvgIpc) is 3.42. The summed E-state index contributed by atoms with van der Waals surface area (Å²) in [6.07, 6.45) is 0.997. The Balaban J connectivity index is 1.48. The lowest BCUT2D eigenvalue weighted by molar-refractivity contribution is -0.108. The van der Waals surface area contributed by atoms with Gasteiger partial charge in [0.15, 0.2) is 0 Å². The molecule has 0 spiro atoms. The first-order valence-corrected chi connectivity index (χ1v) is 12.3. The first-order valence-electron chi connectivity index (χ1n) is 12.3. The van der Waals surface area contributed by atoms with Gasteiger partial charge in [0.05, 0.1) is 35.8 Å². The van der Waals surface area contributed by atoms with Crippen molar-refractivity contribution in [1.82, 2.24) is 20.1 Å². The molecule has 4 rings (SSSR count). The third-order valence-electron chi connectivity index (χ3n) is 6.76. The van der Waals surface area contributed by atoms with E-state index in [4.69, 9.17) is 9.15 Å². The van der Waals surface area contributed by atoms with Crippen molar-refractivity contribution in [2.24, 2.45) is 0 Å². The number of anilines is 2. The van der Waals surface area contributed by atoms with E-state index in [9.17, 15) is 18.0 Å². The van der Waals surface area contributed by atoms with Crippen LogP contribution >= 0.6 is 0 Å². The average molecular weight is 533 g/mol. The molecule has 2 aromatic heterocycles. The number of carbonyl (C=O) groups excluding carboxylic acids is 1. The van der Waals surface area contributed by atoms with Crippen LogP contribution in [0, 0.1) is 5.82 Å². The number of hydrogen-bond acceptors (Lipinski definition) is 8. The van der Waals surface area contributed by atoms with Crippen molar-refractivity contribution in [1.29, 1.82) is 0 Å².